The van der Waals surface area contributed by atoms with E-state index >= 15 is 0 Å². The third-order valence-corrected chi connectivity index (χ3v) is 0.594. The molecular weight excluding hydrogens is 115 g/mol. The molecule has 2 nitrogen and oxygen atoms in total. The van der Waals surface area contributed by atoms with Crippen molar-refractivity contribution in [2.24, 2.45) is 0 Å². The molecule has 0 aromatic rings. The van der Waals surface area contributed by atoms with Crippen molar-refractivity contribution in [2.75, 3.05) is 6.61 Å². The van der Waals surface area contributed by atoms with E-state index in [1.54, 1.807) is 13.8 Å². The van der Waals surface area contributed by atoms with Crippen molar-refractivity contribution in [3.8, 4) is 0 Å². The van der Waals surface area contributed by atoms with E-state index < -0.39 is 0 Å². The summed E-state index contributed by atoms with van der Waals surface area (Å²) in [6.45, 7) is 4.07. The standard InChI is InChI=1S/C5H10O2.Na.H/c1-3-5(6)7-4-2;;/h3-4H2,1-2H3;;/q;+1;-1. The molecule has 44 valence electrons. The molecule has 0 saturated heterocycles. The molecule has 0 aliphatic heterocycles. The molecule has 0 aliphatic rings. The summed E-state index contributed by atoms with van der Waals surface area (Å²) in [4.78, 5) is 10.2. The number of hydrogen-bond donors (Lipinski definition) is 0. The molecular formula is C5H11NaO2. The van der Waals surface area contributed by atoms with E-state index in [1.807, 2.05) is 0 Å². The molecule has 0 aromatic carbocycles. The van der Waals surface area contributed by atoms with Crippen LogP contribution in [0.4, 0.5) is 0 Å². The molecule has 0 radical (unpaired) electrons. The van der Waals surface area contributed by atoms with Gasteiger partial charge in [-0.15, -0.1) is 0 Å². The van der Waals surface area contributed by atoms with Gasteiger partial charge in [-0.1, -0.05) is 6.92 Å². The number of ether oxygens (including phenoxy) is 1. The van der Waals surface area contributed by atoms with Gasteiger partial charge in [0.05, 0.1) is 6.61 Å². The van der Waals surface area contributed by atoms with Crippen LogP contribution in [0.15, 0.2) is 0 Å². The molecule has 0 spiro atoms. The summed E-state index contributed by atoms with van der Waals surface area (Å²) in [5.74, 6) is -0.123. The molecule has 3 heteroatoms. The SMILES string of the molecule is CCOC(=O)CC.[H-].[Na+]. The Hall–Kier alpha value is 0.470. The summed E-state index contributed by atoms with van der Waals surface area (Å²) in [5, 5.41) is 0. The van der Waals surface area contributed by atoms with Gasteiger partial charge in [0.2, 0.25) is 0 Å². The molecule has 0 aromatic heterocycles. The van der Waals surface area contributed by atoms with Crippen LogP contribution in [0.5, 0.6) is 0 Å². The van der Waals surface area contributed by atoms with Crippen LogP contribution >= 0.6 is 0 Å². The minimum atomic E-state index is -0.123. The Balaban J connectivity index is -0.000000180. The number of carbonyl (C=O) groups excluding carboxylic acids is 1. The van der Waals surface area contributed by atoms with Gasteiger partial charge < -0.3 is 6.16 Å². The first-order valence-corrected chi connectivity index (χ1v) is 2.46. The van der Waals surface area contributed by atoms with Gasteiger partial charge in [0.15, 0.2) is 0 Å². The zero-order valence-corrected chi connectivity index (χ0v) is 7.73. The minimum absolute atomic E-state index is 0. The van der Waals surface area contributed by atoms with Crippen molar-refractivity contribution in [1.82, 2.24) is 0 Å². The van der Waals surface area contributed by atoms with E-state index in [4.69, 9.17) is 0 Å². The molecule has 0 fully saturated rings. The second-order valence-electron chi connectivity index (χ2n) is 1.16. The molecule has 0 saturated carbocycles. The van der Waals surface area contributed by atoms with Crippen molar-refractivity contribution in [3.63, 3.8) is 0 Å². The fourth-order valence-electron chi connectivity index (χ4n) is 0.263. The van der Waals surface area contributed by atoms with Crippen molar-refractivity contribution in [1.29, 1.82) is 0 Å². The Morgan fingerprint density at radius 2 is 2.12 bits per heavy atom. The molecule has 0 heterocycles. The van der Waals surface area contributed by atoms with Crippen molar-refractivity contribution in [3.05, 3.63) is 0 Å². The summed E-state index contributed by atoms with van der Waals surface area (Å²) in [6.07, 6.45) is 0.480. The van der Waals surface area contributed by atoms with E-state index in [0.717, 1.165) is 0 Å². The Morgan fingerprint density at radius 1 is 1.62 bits per heavy atom. The molecule has 0 unspecified atom stereocenters. The summed E-state index contributed by atoms with van der Waals surface area (Å²) in [6, 6.07) is 0. The summed E-state index contributed by atoms with van der Waals surface area (Å²) < 4.78 is 4.55. The van der Waals surface area contributed by atoms with Crippen LogP contribution in [0, 0.1) is 0 Å². The monoisotopic (exact) mass is 126 g/mol. The first-order chi connectivity index (χ1) is 3.31. The van der Waals surface area contributed by atoms with Gasteiger partial charge in [-0.25, -0.2) is 0 Å². The van der Waals surface area contributed by atoms with Gasteiger partial charge in [0.25, 0.3) is 0 Å². The number of hydrogen-bond acceptors (Lipinski definition) is 2. The zero-order chi connectivity index (χ0) is 5.70. The van der Waals surface area contributed by atoms with E-state index in [2.05, 4.69) is 4.74 Å². The van der Waals surface area contributed by atoms with E-state index in [1.165, 1.54) is 0 Å². The maximum absolute atomic E-state index is 10.2. The Bertz CT molecular complexity index is 68.0. The second-order valence-corrected chi connectivity index (χ2v) is 1.16. The molecule has 0 amide bonds. The van der Waals surface area contributed by atoms with Crippen LogP contribution in [0.25, 0.3) is 0 Å². The fourth-order valence-corrected chi connectivity index (χ4v) is 0.263. The first-order valence-electron chi connectivity index (χ1n) is 2.46. The van der Waals surface area contributed by atoms with Gasteiger partial charge in [-0.05, 0) is 6.92 Å². The predicted molar refractivity (Wildman–Crippen MR) is 28.0 cm³/mol. The second kappa shape index (κ2) is 7.47. The average molecular weight is 126 g/mol. The molecule has 0 rings (SSSR count). The maximum Gasteiger partial charge on any atom is 1.00 e. The van der Waals surface area contributed by atoms with Gasteiger partial charge in [0, 0.05) is 6.42 Å². The van der Waals surface area contributed by atoms with Crippen LogP contribution in [0.3, 0.4) is 0 Å². The van der Waals surface area contributed by atoms with Crippen LogP contribution in [0.1, 0.15) is 21.7 Å². The van der Waals surface area contributed by atoms with Crippen molar-refractivity contribution in [2.45, 2.75) is 20.3 Å². The fraction of sp³-hybridized carbons (Fsp3) is 0.800. The van der Waals surface area contributed by atoms with Crippen molar-refractivity contribution < 1.29 is 40.5 Å². The largest absolute Gasteiger partial charge is 1.00 e. The summed E-state index contributed by atoms with van der Waals surface area (Å²) >= 11 is 0. The predicted octanol–water partition coefficient (Wildman–Crippen LogP) is -1.92. The third kappa shape index (κ3) is 6.47. The van der Waals surface area contributed by atoms with Gasteiger partial charge in [0.1, 0.15) is 0 Å². The quantitative estimate of drug-likeness (QED) is 0.318. The zero-order valence-electron chi connectivity index (χ0n) is 6.73. The van der Waals surface area contributed by atoms with Gasteiger partial charge >= 0.3 is 35.5 Å². The van der Waals surface area contributed by atoms with E-state index in [9.17, 15) is 4.79 Å². The van der Waals surface area contributed by atoms with Gasteiger partial charge in [-0.3, -0.25) is 4.79 Å². The number of rotatable bonds is 2. The van der Waals surface area contributed by atoms with E-state index in [-0.39, 0.29) is 37.0 Å². The number of esters is 1. The minimum Gasteiger partial charge on any atom is -1.00 e. The third-order valence-electron chi connectivity index (χ3n) is 0.594. The first kappa shape index (κ1) is 11.3. The van der Waals surface area contributed by atoms with E-state index in [0.29, 0.717) is 13.0 Å². The number of carbonyl (C=O) groups is 1. The normalized spacial score (nSPS) is 7.25. The molecule has 0 bridgehead atoms. The molecule has 8 heavy (non-hydrogen) atoms. The maximum atomic E-state index is 10.2. The molecule has 0 N–H and O–H groups in total. The Kier molecular flexibility index (Phi) is 10.5. The Morgan fingerprint density at radius 3 is 2.25 bits per heavy atom. The van der Waals surface area contributed by atoms with Crippen LogP contribution < -0.4 is 29.6 Å². The average Bonchev–Trinajstić information content (AvgIpc) is 1.68. The molecule has 0 atom stereocenters. The summed E-state index contributed by atoms with van der Waals surface area (Å²) in [7, 11) is 0. The van der Waals surface area contributed by atoms with Gasteiger partial charge in [-0.2, -0.15) is 0 Å². The topological polar surface area (TPSA) is 26.3 Å². The summed E-state index contributed by atoms with van der Waals surface area (Å²) in [5.41, 5.74) is 0. The smallest absolute Gasteiger partial charge is 1.00 e. The Labute approximate surface area is 73.4 Å². The molecule has 0 aliphatic carbocycles. The van der Waals surface area contributed by atoms with Crippen LogP contribution in [-0.2, 0) is 9.53 Å². The van der Waals surface area contributed by atoms with Crippen molar-refractivity contribution >= 4 is 5.97 Å². The van der Waals surface area contributed by atoms with Crippen LogP contribution in [-0.4, -0.2) is 12.6 Å². The van der Waals surface area contributed by atoms with Crippen LogP contribution in [0.2, 0.25) is 0 Å².